The van der Waals surface area contributed by atoms with Gasteiger partial charge in [-0.2, -0.15) is 0 Å². The van der Waals surface area contributed by atoms with Gasteiger partial charge in [0.15, 0.2) is 0 Å². The number of carbonyl (C=O) groups excluding carboxylic acids is 1. The number of amides is 1. The van der Waals surface area contributed by atoms with Gasteiger partial charge in [0.25, 0.3) is 0 Å². The summed E-state index contributed by atoms with van der Waals surface area (Å²) in [6.45, 7) is 4.58. The second kappa shape index (κ2) is 8.17. The van der Waals surface area contributed by atoms with Crippen LogP contribution < -0.4 is 14.8 Å². The number of carbonyl (C=O) groups is 1. The zero-order chi connectivity index (χ0) is 13.2. The summed E-state index contributed by atoms with van der Waals surface area (Å²) in [7, 11) is 1.61. The first-order chi connectivity index (χ1) is 8.76. The highest BCUT2D eigenvalue weighted by Crippen LogP contribution is 2.16. The summed E-state index contributed by atoms with van der Waals surface area (Å²) in [6.07, 6.45) is 2.91. The van der Waals surface area contributed by atoms with Crippen LogP contribution in [0.4, 0.5) is 0 Å². The highest BCUT2D eigenvalue weighted by atomic mass is 16.5. The maximum atomic E-state index is 11.4. The topological polar surface area (TPSA) is 47.6 Å². The van der Waals surface area contributed by atoms with Crippen molar-refractivity contribution in [3.8, 4) is 11.5 Å². The minimum Gasteiger partial charge on any atom is -0.497 e. The van der Waals surface area contributed by atoms with E-state index in [1.165, 1.54) is 0 Å². The van der Waals surface area contributed by atoms with Crippen molar-refractivity contribution < 1.29 is 14.3 Å². The molecule has 0 aromatic heterocycles. The van der Waals surface area contributed by atoms with E-state index in [4.69, 9.17) is 9.47 Å². The highest BCUT2D eigenvalue weighted by Gasteiger charge is 2.01. The fourth-order valence-electron chi connectivity index (χ4n) is 1.34. The molecule has 0 radical (unpaired) electrons. The average Bonchev–Trinajstić information content (AvgIpc) is 2.40. The Morgan fingerprint density at radius 1 is 1.33 bits per heavy atom. The number of hydrogen-bond acceptors (Lipinski definition) is 3. The van der Waals surface area contributed by atoms with E-state index in [2.05, 4.69) is 11.9 Å². The smallest absolute Gasteiger partial charge is 0.223 e. The normalized spacial score (nSPS) is 9.61. The first-order valence-electron chi connectivity index (χ1n) is 5.90. The molecular formula is C14H19NO3. The maximum Gasteiger partial charge on any atom is 0.223 e. The van der Waals surface area contributed by atoms with E-state index in [-0.39, 0.29) is 5.91 Å². The van der Waals surface area contributed by atoms with Gasteiger partial charge < -0.3 is 14.8 Å². The molecule has 0 heterocycles. The van der Waals surface area contributed by atoms with Crippen LogP contribution in [-0.2, 0) is 4.79 Å². The predicted octanol–water partition coefficient (Wildman–Crippen LogP) is 2.16. The van der Waals surface area contributed by atoms with Crippen molar-refractivity contribution in [2.45, 2.75) is 12.8 Å². The van der Waals surface area contributed by atoms with Crippen LogP contribution in [0.3, 0.4) is 0 Å². The number of nitrogens with one attached hydrogen (secondary N) is 1. The molecule has 98 valence electrons. The van der Waals surface area contributed by atoms with Crippen LogP contribution in [0.2, 0.25) is 0 Å². The summed E-state index contributed by atoms with van der Waals surface area (Å²) in [5.41, 5.74) is 0. The van der Waals surface area contributed by atoms with Crippen molar-refractivity contribution in [2.75, 3.05) is 20.3 Å². The largest absolute Gasteiger partial charge is 0.497 e. The lowest BCUT2D eigenvalue weighted by atomic mass is 10.3. The molecule has 1 aromatic carbocycles. The molecule has 0 atom stereocenters. The minimum atomic E-state index is -0.00892. The van der Waals surface area contributed by atoms with Crippen molar-refractivity contribution in [3.05, 3.63) is 36.9 Å². The van der Waals surface area contributed by atoms with E-state index < -0.39 is 0 Å². The molecule has 0 saturated carbocycles. The molecule has 0 aliphatic rings. The van der Waals surface area contributed by atoms with Crippen LogP contribution in [0.1, 0.15) is 12.8 Å². The first-order valence-corrected chi connectivity index (χ1v) is 5.90. The zero-order valence-corrected chi connectivity index (χ0v) is 10.6. The third-order valence-corrected chi connectivity index (χ3v) is 2.33. The Labute approximate surface area is 108 Å². The highest BCUT2D eigenvalue weighted by molar-refractivity contribution is 5.75. The molecule has 4 nitrogen and oxygen atoms in total. The Balaban J connectivity index is 2.20. The molecule has 0 aliphatic carbocycles. The molecule has 1 aromatic rings. The second-order valence-corrected chi connectivity index (χ2v) is 3.70. The minimum absolute atomic E-state index is 0.00892. The van der Waals surface area contributed by atoms with E-state index in [0.717, 1.165) is 17.9 Å². The van der Waals surface area contributed by atoms with Gasteiger partial charge in [0, 0.05) is 6.54 Å². The number of methoxy groups -OCH3 is 1. The summed E-state index contributed by atoms with van der Waals surface area (Å²) < 4.78 is 10.5. The SMILES string of the molecule is C=CCCNC(=O)CCOc1ccc(OC)cc1. The zero-order valence-electron chi connectivity index (χ0n) is 10.6. The van der Waals surface area contributed by atoms with E-state index >= 15 is 0 Å². The third-order valence-electron chi connectivity index (χ3n) is 2.33. The lowest BCUT2D eigenvalue weighted by Crippen LogP contribution is -2.25. The van der Waals surface area contributed by atoms with Crippen molar-refractivity contribution in [2.24, 2.45) is 0 Å². The Bertz CT molecular complexity index is 373. The van der Waals surface area contributed by atoms with Gasteiger partial charge >= 0.3 is 0 Å². The standard InChI is InChI=1S/C14H19NO3/c1-3-4-10-15-14(16)9-11-18-13-7-5-12(17-2)6-8-13/h3,5-8H,1,4,9-11H2,2H3,(H,15,16). The molecule has 0 bridgehead atoms. The molecule has 4 heteroatoms. The molecule has 18 heavy (non-hydrogen) atoms. The first kappa shape index (κ1) is 14.1. The van der Waals surface area contributed by atoms with Gasteiger partial charge in [0.1, 0.15) is 11.5 Å². The average molecular weight is 249 g/mol. The number of rotatable bonds is 8. The molecule has 1 rings (SSSR count). The van der Waals surface area contributed by atoms with Crippen LogP contribution in [-0.4, -0.2) is 26.2 Å². The van der Waals surface area contributed by atoms with E-state index in [9.17, 15) is 4.79 Å². The van der Waals surface area contributed by atoms with Crippen molar-refractivity contribution in [1.82, 2.24) is 5.32 Å². The van der Waals surface area contributed by atoms with E-state index in [1.54, 1.807) is 13.2 Å². The van der Waals surface area contributed by atoms with Crippen LogP contribution in [0, 0.1) is 0 Å². The molecule has 0 unspecified atom stereocenters. The van der Waals surface area contributed by atoms with Gasteiger partial charge in [-0.15, -0.1) is 6.58 Å². The Morgan fingerprint density at radius 2 is 2.00 bits per heavy atom. The quantitative estimate of drug-likeness (QED) is 0.567. The fourth-order valence-corrected chi connectivity index (χ4v) is 1.34. The summed E-state index contributed by atoms with van der Waals surface area (Å²) in [4.78, 5) is 11.4. The molecule has 0 aliphatic heterocycles. The maximum absolute atomic E-state index is 11.4. The van der Waals surface area contributed by atoms with Crippen LogP contribution in [0.15, 0.2) is 36.9 Å². The van der Waals surface area contributed by atoms with Crippen LogP contribution in [0.5, 0.6) is 11.5 Å². The molecule has 1 amide bonds. The van der Waals surface area contributed by atoms with Gasteiger partial charge in [-0.05, 0) is 30.7 Å². The monoisotopic (exact) mass is 249 g/mol. The Hall–Kier alpha value is -1.97. The van der Waals surface area contributed by atoms with E-state index in [1.807, 2.05) is 24.3 Å². The summed E-state index contributed by atoms with van der Waals surface area (Å²) >= 11 is 0. The fraction of sp³-hybridized carbons (Fsp3) is 0.357. The van der Waals surface area contributed by atoms with Crippen molar-refractivity contribution in [1.29, 1.82) is 0 Å². The summed E-state index contributed by atoms with van der Waals surface area (Å²) in [5, 5.41) is 2.78. The molecule has 0 fully saturated rings. The number of ether oxygens (including phenoxy) is 2. The number of hydrogen-bond donors (Lipinski definition) is 1. The molecular weight excluding hydrogens is 230 g/mol. The van der Waals surface area contributed by atoms with Crippen LogP contribution >= 0.6 is 0 Å². The molecule has 0 saturated heterocycles. The second-order valence-electron chi connectivity index (χ2n) is 3.70. The van der Waals surface area contributed by atoms with Crippen molar-refractivity contribution >= 4 is 5.91 Å². The summed E-state index contributed by atoms with van der Waals surface area (Å²) in [5.74, 6) is 1.50. The van der Waals surface area contributed by atoms with Crippen LogP contribution in [0.25, 0.3) is 0 Å². The van der Waals surface area contributed by atoms with Crippen molar-refractivity contribution in [3.63, 3.8) is 0 Å². The third kappa shape index (κ3) is 5.39. The Kier molecular flexibility index (Phi) is 6.40. The number of benzene rings is 1. The lowest BCUT2D eigenvalue weighted by molar-refractivity contribution is -0.121. The van der Waals surface area contributed by atoms with Gasteiger partial charge in [0.05, 0.1) is 20.1 Å². The summed E-state index contributed by atoms with van der Waals surface area (Å²) in [6, 6.07) is 7.27. The molecule has 1 N–H and O–H groups in total. The lowest BCUT2D eigenvalue weighted by Gasteiger charge is -2.07. The Morgan fingerprint density at radius 3 is 2.61 bits per heavy atom. The van der Waals surface area contributed by atoms with Gasteiger partial charge in [-0.1, -0.05) is 6.08 Å². The predicted molar refractivity (Wildman–Crippen MR) is 70.9 cm³/mol. The van der Waals surface area contributed by atoms with Gasteiger partial charge in [0.2, 0.25) is 5.91 Å². The van der Waals surface area contributed by atoms with E-state index in [0.29, 0.717) is 19.6 Å². The van der Waals surface area contributed by atoms with Gasteiger partial charge in [-0.3, -0.25) is 4.79 Å². The van der Waals surface area contributed by atoms with Gasteiger partial charge in [-0.25, -0.2) is 0 Å². The molecule has 0 spiro atoms.